The van der Waals surface area contributed by atoms with E-state index < -0.39 is 34.8 Å². The highest BCUT2D eigenvalue weighted by Crippen LogP contribution is 2.31. The molecule has 8 nitrogen and oxygen atoms in total. The maximum Gasteiger partial charge on any atom is 0.277 e. The van der Waals surface area contributed by atoms with Crippen LogP contribution in [0.5, 0.6) is 5.75 Å². The number of aryl methyl sites for hydroxylation is 1. The van der Waals surface area contributed by atoms with Crippen LogP contribution < -0.4 is 15.6 Å². The number of hydrogen-bond acceptors (Lipinski definition) is 7. The van der Waals surface area contributed by atoms with Gasteiger partial charge in [-0.1, -0.05) is 11.6 Å². The molecule has 12 heteroatoms. The molecule has 0 saturated carbocycles. The molecule has 3 aromatic rings. The Morgan fingerprint density at radius 1 is 1.27 bits per heavy atom. The summed E-state index contributed by atoms with van der Waals surface area (Å²) in [6.07, 6.45) is 5.91. The third-order valence-corrected chi connectivity index (χ3v) is 6.00. The molecule has 0 amide bonds. The standard InChI is InChI=1S/C25H23BClF2N5O3/c1-12-10-31-17(16-5-6-30-24(33-16)25(3,4)36)9-18(12)34-13(2)7-19(20(27)23(34)35)37-22(26)21-15(29)8-14(28)11-32-21/h5-11,17,22,31,36H,1-4H3/t17-,22?/m1/s1. The molecule has 2 radical (unpaired) electrons. The van der Waals surface area contributed by atoms with Gasteiger partial charge in [-0.15, -0.1) is 0 Å². The molecule has 2 N–H and O–H groups in total. The quantitative estimate of drug-likeness (QED) is 0.472. The second-order valence-electron chi connectivity index (χ2n) is 9.05. The molecule has 4 rings (SSSR count). The van der Waals surface area contributed by atoms with Gasteiger partial charge in [-0.3, -0.25) is 14.3 Å². The fraction of sp³-hybridized carbons (Fsp3) is 0.280. The second-order valence-corrected chi connectivity index (χ2v) is 9.43. The van der Waals surface area contributed by atoms with Crippen LogP contribution in [0.15, 0.2) is 53.2 Å². The molecule has 0 saturated heterocycles. The average Bonchev–Trinajstić information content (AvgIpc) is 2.83. The van der Waals surface area contributed by atoms with Gasteiger partial charge in [-0.25, -0.2) is 18.7 Å². The van der Waals surface area contributed by atoms with E-state index in [1.165, 1.54) is 10.6 Å². The Hall–Kier alpha value is -3.57. The number of dihydropyridines is 1. The van der Waals surface area contributed by atoms with Gasteiger partial charge in [0.15, 0.2) is 11.6 Å². The van der Waals surface area contributed by atoms with Crippen molar-refractivity contribution >= 4 is 25.1 Å². The first-order valence-electron chi connectivity index (χ1n) is 11.2. The van der Waals surface area contributed by atoms with E-state index >= 15 is 0 Å². The summed E-state index contributed by atoms with van der Waals surface area (Å²) in [5.41, 5.74) is 0.199. The van der Waals surface area contributed by atoms with Gasteiger partial charge in [-0.2, -0.15) is 0 Å². The molecule has 4 heterocycles. The fourth-order valence-corrected chi connectivity index (χ4v) is 3.97. The van der Waals surface area contributed by atoms with Gasteiger partial charge in [0.1, 0.15) is 35.7 Å². The van der Waals surface area contributed by atoms with Crippen molar-refractivity contribution in [3.8, 4) is 5.75 Å². The molecule has 0 aromatic carbocycles. The van der Waals surface area contributed by atoms with E-state index in [0.717, 1.165) is 11.8 Å². The minimum absolute atomic E-state index is 0.0724. The highest BCUT2D eigenvalue weighted by atomic mass is 35.5. The summed E-state index contributed by atoms with van der Waals surface area (Å²) >= 11 is 6.36. The molecule has 37 heavy (non-hydrogen) atoms. The number of aromatic nitrogens is 4. The zero-order chi connectivity index (χ0) is 27.1. The molecule has 0 fully saturated rings. The molecule has 190 valence electrons. The lowest BCUT2D eigenvalue weighted by Crippen LogP contribution is -2.28. The van der Waals surface area contributed by atoms with Crippen molar-refractivity contribution in [1.82, 2.24) is 24.8 Å². The maximum atomic E-state index is 14.1. The number of rotatable bonds is 6. The van der Waals surface area contributed by atoms with E-state index in [2.05, 4.69) is 20.3 Å². The summed E-state index contributed by atoms with van der Waals surface area (Å²) in [5, 5.41) is 13.2. The summed E-state index contributed by atoms with van der Waals surface area (Å²) in [7, 11) is 5.90. The number of nitrogens with one attached hydrogen (secondary N) is 1. The summed E-state index contributed by atoms with van der Waals surface area (Å²) in [6.45, 7) is 6.68. The lowest BCUT2D eigenvalue weighted by atomic mass is 9.95. The fourth-order valence-electron chi connectivity index (χ4n) is 3.78. The Bertz CT molecular complexity index is 1490. The van der Waals surface area contributed by atoms with Gasteiger partial charge in [0.2, 0.25) is 0 Å². The van der Waals surface area contributed by atoms with Crippen molar-refractivity contribution in [1.29, 1.82) is 0 Å². The third kappa shape index (κ3) is 5.42. The highest BCUT2D eigenvalue weighted by molar-refractivity contribution is 6.32. The molecule has 0 bridgehead atoms. The van der Waals surface area contributed by atoms with Crippen LogP contribution in [0.3, 0.4) is 0 Å². The Labute approximate surface area is 218 Å². The highest BCUT2D eigenvalue weighted by Gasteiger charge is 2.25. The van der Waals surface area contributed by atoms with Crippen LogP contribution in [-0.2, 0) is 5.60 Å². The van der Waals surface area contributed by atoms with Crippen LogP contribution in [0.1, 0.15) is 55.7 Å². The molecule has 0 spiro atoms. The molecule has 3 aromatic heterocycles. The predicted molar refractivity (Wildman–Crippen MR) is 135 cm³/mol. The number of aliphatic hydroxyl groups is 1. The summed E-state index contributed by atoms with van der Waals surface area (Å²) in [4.78, 5) is 25.6. The van der Waals surface area contributed by atoms with Gasteiger partial charge < -0.3 is 15.2 Å². The van der Waals surface area contributed by atoms with Gasteiger partial charge in [0, 0.05) is 30.2 Å². The number of halogens is 3. The second kappa shape index (κ2) is 10.1. The maximum absolute atomic E-state index is 14.1. The molecule has 1 aliphatic rings. The van der Waals surface area contributed by atoms with Gasteiger partial charge in [0.25, 0.3) is 5.56 Å². The predicted octanol–water partition coefficient (Wildman–Crippen LogP) is 3.84. The Balaban J connectivity index is 1.70. The molecule has 2 atom stereocenters. The summed E-state index contributed by atoms with van der Waals surface area (Å²) in [6, 6.07) is 1.98. The first kappa shape index (κ1) is 26.5. The van der Waals surface area contributed by atoms with Gasteiger partial charge >= 0.3 is 0 Å². The molecule has 0 aliphatic carbocycles. The third-order valence-electron chi connectivity index (χ3n) is 5.65. The molecular weight excluding hydrogens is 503 g/mol. The summed E-state index contributed by atoms with van der Waals surface area (Å²) in [5.74, 6) is -1.66. The zero-order valence-electron chi connectivity index (χ0n) is 20.5. The van der Waals surface area contributed by atoms with Crippen molar-refractivity contribution in [2.45, 2.75) is 45.3 Å². The number of pyridine rings is 2. The first-order valence-corrected chi connectivity index (χ1v) is 11.6. The minimum atomic E-state index is -1.43. The van der Waals surface area contributed by atoms with Crippen LogP contribution in [-0.4, -0.2) is 32.5 Å². The van der Waals surface area contributed by atoms with E-state index in [4.69, 9.17) is 24.2 Å². The SMILES string of the molecule is [B]C(Oc1cc(C)n(C2=C[C@H](c3ccnc(C(C)(C)O)n3)NC=C2C)c(=O)c1Cl)c1ncc(F)cc1F. The Morgan fingerprint density at radius 3 is 2.68 bits per heavy atom. The number of hydrogen-bond donors (Lipinski definition) is 2. The largest absolute Gasteiger partial charge is 0.492 e. The summed E-state index contributed by atoms with van der Waals surface area (Å²) < 4.78 is 34.2. The van der Waals surface area contributed by atoms with E-state index in [-0.39, 0.29) is 22.3 Å². The van der Waals surface area contributed by atoms with Crippen molar-refractivity contribution < 1.29 is 18.6 Å². The van der Waals surface area contributed by atoms with Crippen molar-refractivity contribution in [3.05, 3.63) is 98.4 Å². The van der Waals surface area contributed by atoms with Gasteiger partial charge in [0.05, 0.1) is 29.6 Å². The smallest absolute Gasteiger partial charge is 0.277 e. The number of nitrogens with zero attached hydrogens (tertiary/aromatic N) is 4. The Morgan fingerprint density at radius 2 is 2.00 bits per heavy atom. The first-order chi connectivity index (χ1) is 17.4. The number of allylic oxidation sites excluding steroid dienone is 2. The van der Waals surface area contributed by atoms with E-state index in [9.17, 15) is 18.7 Å². The van der Waals surface area contributed by atoms with E-state index in [1.54, 1.807) is 45.3 Å². The van der Waals surface area contributed by atoms with E-state index in [0.29, 0.717) is 23.2 Å². The number of ether oxygens (including phenoxy) is 1. The normalized spacial score (nSPS) is 16.5. The molecular formula is C25H23BClF2N5O3. The van der Waals surface area contributed by atoms with Crippen LogP contribution in [0.25, 0.3) is 5.70 Å². The van der Waals surface area contributed by atoms with Crippen LogP contribution in [0.4, 0.5) is 8.78 Å². The van der Waals surface area contributed by atoms with Gasteiger partial charge in [-0.05, 0) is 45.4 Å². The topological polar surface area (TPSA) is 102 Å². The van der Waals surface area contributed by atoms with Crippen molar-refractivity contribution in [2.75, 3.05) is 0 Å². The zero-order valence-corrected chi connectivity index (χ0v) is 21.2. The van der Waals surface area contributed by atoms with Crippen molar-refractivity contribution in [3.63, 3.8) is 0 Å². The monoisotopic (exact) mass is 525 g/mol. The Kier molecular flexibility index (Phi) is 7.21. The van der Waals surface area contributed by atoms with E-state index in [1.807, 2.05) is 6.92 Å². The lowest BCUT2D eigenvalue weighted by Gasteiger charge is -2.25. The minimum Gasteiger partial charge on any atom is -0.492 e. The average molecular weight is 526 g/mol. The molecule has 1 aliphatic heterocycles. The van der Waals surface area contributed by atoms with Crippen molar-refractivity contribution in [2.24, 2.45) is 0 Å². The van der Waals surface area contributed by atoms with Crippen LogP contribution in [0, 0.1) is 18.6 Å². The van der Waals surface area contributed by atoms with Crippen LogP contribution >= 0.6 is 11.6 Å². The van der Waals surface area contributed by atoms with Crippen LogP contribution in [0.2, 0.25) is 5.02 Å². The molecule has 1 unspecified atom stereocenters. The lowest BCUT2D eigenvalue weighted by molar-refractivity contribution is 0.0683.